The highest BCUT2D eigenvalue weighted by molar-refractivity contribution is 6.33. The molecular formula is C17H17Cl2NO4. The van der Waals surface area contributed by atoms with Crippen LogP contribution in [-0.4, -0.2) is 24.8 Å². The van der Waals surface area contributed by atoms with Gasteiger partial charge in [-0.15, -0.1) is 0 Å². The Kier molecular flexibility index (Phi) is 6.17. The largest absolute Gasteiger partial charge is 0.491 e. The van der Waals surface area contributed by atoms with E-state index in [2.05, 4.69) is 5.32 Å². The SMILES string of the molecule is CCOc1cc(CNc2ccc(C(=O)O)c(Cl)c2)cc(Cl)c1OC. The number of aromatic carboxylic acids is 1. The predicted octanol–water partition coefficient (Wildman–Crippen LogP) is 4.71. The van der Waals surface area contributed by atoms with E-state index in [-0.39, 0.29) is 10.6 Å². The lowest BCUT2D eigenvalue weighted by atomic mass is 10.1. The minimum Gasteiger partial charge on any atom is -0.491 e. The van der Waals surface area contributed by atoms with Crippen LogP contribution in [0.5, 0.6) is 11.5 Å². The fourth-order valence-corrected chi connectivity index (χ4v) is 2.76. The lowest BCUT2D eigenvalue weighted by Crippen LogP contribution is -2.03. The number of methoxy groups -OCH3 is 1. The van der Waals surface area contributed by atoms with E-state index < -0.39 is 5.97 Å². The lowest BCUT2D eigenvalue weighted by molar-refractivity contribution is 0.0697. The second-order valence-electron chi connectivity index (χ2n) is 4.90. The first kappa shape index (κ1) is 18.2. The topological polar surface area (TPSA) is 67.8 Å². The van der Waals surface area contributed by atoms with Gasteiger partial charge >= 0.3 is 5.97 Å². The zero-order valence-electron chi connectivity index (χ0n) is 13.2. The van der Waals surface area contributed by atoms with Crippen molar-refractivity contribution >= 4 is 34.9 Å². The smallest absolute Gasteiger partial charge is 0.337 e. The molecule has 0 saturated heterocycles. The Hall–Kier alpha value is -2.11. The van der Waals surface area contributed by atoms with E-state index in [0.29, 0.717) is 35.4 Å². The Labute approximate surface area is 150 Å². The molecule has 7 heteroatoms. The third kappa shape index (κ3) is 4.24. The zero-order valence-corrected chi connectivity index (χ0v) is 14.7. The monoisotopic (exact) mass is 369 g/mol. The standard InChI is InChI=1S/C17H17Cl2NO4/c1-3-24-15-7-10(6-14(19)16(15)23-2)9-20-11-4-5-12(17(21)22)13(18)8-11/h4-8,20H,3,9H2,1-2H3,(H,21,22). The number of carbonyl (C=O) groups is 1. The number of ether oxygens (including phenoxy) is 2. The minimum atomic E-state index is -1.06. The Morgan fingerprint density at radius 2 is 1.96 bits per heavy atom. The van der Waals surface area contributed by atoms with E-state index in [1.54, 1.807) is 18.2 Å². The maximum Gasteiger partial charge on any atom is 0.337 e. The molecule has 2 rings (SSSR count). The molecule has 0 bridgehead atoms. The molecule has 2 N–H and O–H groups in total. The lowest BCUT2D eigenvalue weighted by Gasteiger charge is -2.14. The van der Waals surface area contributed by atoms with Crippen LogP contribution in [0.4, 0.5) is 5.69 Å². The van der Waals surface area contributed by atoms with Gasteiger partial charge in [0.15, 0.2) is 11.5 Å². The van der Waals surface area contributed by atoms with E-state index in [4.69, 9.17) is 37.8 Å². The third-order valence-electron chi connectivity index (χ3n) is 3.27. The van der Waals surface area contributed by atoms with Gasteiger partial charge in [-0.3, -0.25) is 0 Å². The molecule has 0 amide bonds. The Bertz CT molecular complexity index is 750. The zero-order chi connectivity index (χ0) is 17.7. The Morgan fingerprint density at radius 1 is 1.21 bits per heavy atom. The summed E-state index contributed by atoms with van der Waals surface area (Å²) in [6, 6.07) is 8.31. The number of halogens is 2. The fourth-order valence-electron chi connectivity index (χ4n) is 2.19. The van der Waals surface area contributed by atoms with Crippen molar-refractivity contribution in [2.75, 3.05) is 19.0 Å². The Balaban J connectivity index is 2.17. The number of hydrogen-bond donors (Lipinski definition) is 2. The van der Waals surface area contributed by atoms with Gasteiger partial charge < -0.3 is 19.9 Å². The minimum absolute atomic E-state index is 0.0633. The molecule has 0 heterocycles. The maximum absolute atomic E-state index is 11.0. The second kappa shape index (κ2) is 8.13. The number of anilines is 1. The molecule has 0 fully saturated rings. The number of nitrogens with one attached hydrogen (secondary N) is 1. The van der Waals surface area contributed by atoms with Gasteiger partial charge in [0.2, 0.25) is 0 Å². The van der Waals surface area contributed by atoms with Crippen LogP contribution >= 0.6 is 23.2 Å². The van der Waals surface area contributed by atoms with Crippen LogP contribution < -0.4 is 14.8 Å². The van der Waals surface area contributed by atoms with Crippen molar-refractivity contribution in [2.45, 2.75) is 13.5 Å². The number of carboxylic acids is 1. The number of hydrogen-bond acceptors (Lipinski definition) is 4. The average Bonchev–Trinajstić information content (AvgIpc) is 2.53. The molecule has 24 heavy (non-hydrogen) atoms. The van der Waals surface area contributed by atoms with Gasteiger partial charge in [0, 0.05) is 12.2 Å². The molecule has 128 valence electrons. The number of benzene rings is 2. The van der Waals surface area contributed by atoms with Crippen LogP contribution in [0.25, 0.3) is 0 Å². The van der Waals surface area contributed by atoms with Crippen molar-refractivity contribution in [1.29, 1.82) is 0 Å². The molecule has 0 spiro atoms. The summed E-state index contributed by atoms with van der Waals surface area (Å²) in [7, 11) is 1.54. The van der Waals surface area contributed by atoms with Crippen LogP contribution in [0.2, 0.25) is 10.0 Å². The summed E-state index contributed by atoms with van der Waals surface area (Å²) in [6.07, 6.45) is 0. The van der Waals surface area contributed by atoms with Gasteiger partial charge in [0.1, 0.15) is 0 Å². The molecule has 0 atom stereocenters. The van der Waals surface area contributed by atoms with Crippen LogP contribution in [0.15, 0.2) is 30.3 Å². The quantitative estimate of drug-likeness (QED) is 0.739. The van der Waals surface area contributed by atoms with E-state index in [1.807, 2.05) is 13.0 Å². The first-order chi connectivity index (χ1) is 11.5. The van der Waals surface area contributed by atoms with Crippen molar-refractivity contribution in [1.82, 2.24) is 0 Å². The molecule has 0 saturated carbocycles. The van der Waals surface area contributed by atoms with Gasteiger partial charge in [-0.1, -0.05) is 23.2 Å². The first-order valence-corrected chi connectivity index (χ1v) is 7.97. The summed E-state index contributed by atoms with van der Waals surface area (Å²) in [6.45, 7) is 2.84. The van der Waals surface area contributed by atoms with Crippen LogP contribution in [-0.2, 0) is 6.54 Å². The average molecular weight is 370 g/mol. The fraction of sp³-hybridized carbons (Fsp3) is 0.235. The summed E-state index contributed by atoms with van der Waals surface area (Å²) in [5.74, 6) is 0.00882. The highest BCUT2D eigenvalue weighted by atomic mass is 35.5. The van der Waals surface area contributed by atoms with Gasteiger partial charge in [-0.05, 0) is 42.8 Å². The summed E-state index contributed by atoms with van der Waals surface area (Å²) in [5, 5.41) is 12.8. The van der Waals surface area contributed by atoms with Crippen molar-refractivity contribution in [3.8, 4) is 11.5 Å². The Morgan fingerprint density at radius 3 is 2.54 bits per heavy atom. The van der Waals surface area contributed by atoms with Gasteiger partial charge in [-0.25, -0.2) is 4.79 Å². The van der Waals surface area contributed by atoms with Crippen LogP contribution in [0.3, 0.4) is 0 Å². The normalized spacial score (nSPS) is 10.3. The molecule has 0 aliphatic carbocycles. The molecule has 0 unspecified atom stereocenters. The van der Waals surface area contributed by atoms with Gasteiger partial charge in [0.25, 0.3) is 0 Å². The molecule has 0 aliphatic rings. The van der Waals surface area contributed by atoms with E-state index in [0.717, 1.165) is 5.56 Å². The molecular weight excluding hydrogens is 353 g/mol. The van der Waals surface area contributed by atoms with Crippen molar-refractivity contribution in [3.63, 3.8) is 0 Å². The summed E-state index contributed by atoms with van der Waals surface area (Å²) < 4.78 is 10.8. The third-order valence-corrected chi connectivity index (χ3v) is 3.86. The van der Waals surface area contributed by atoms with Crippen LogP contribution in [0, 0.1) is 0 Å². The van der Waals surface area contributed by atoms with Crippen LogP contribution in [0.1, 0.15) is 22.8 Å². The molecule has 2 aromatic rings. The number of rotatable bonds is 7. The summed E-state index contributed by atoms with van der Waals surface area (Å²) >= 11 is 12.2. The van der Waals surface area contributed by atoms with Gasteiger partial charge in [-0.2, -0.15) is 0 Å². The summed E-state index contributed by atoms with van der Waals surface area (Å²) in [5.41, 5.74) is 1.66. The molecule has 0 aliphatic heterocycles. The predicted molar refractivity (Wildman–Crippen MR) is 94.9 cm³/mol. The van der Waals surface area contributed by atoms with E-state index in [1.165, 1.54) is 13.2 Å². The van der Waals surface area contributed by atoms with Crippen molar-refractivity contribution in [2.24, 2.45) is 0 Å². The highest BCUT2D eigenvalue weighted by Gasteiger charge is 2.12. The van der Waals surface area contributed by atoms with E-state index in [9.17, 15) is 4.79 Å². The molecule has 5 nitrogen and oxygen atoms in total. The van der Waals surface area contributed by atoms with E-state index >= 15 is 0 Å². The first-order valence-electron chi connectivity index (χ1n) is 7.22. The van der Waals surface area contributed by atoms with Crippen molar-refractivity contribution < 1.29 is 19.4 Å². The second-order valence-corrected chi connectivity index (χ2v) is 5.71. The maximum atomic E-state index is 11.0. The molecule has 0 aromatic heterocycles. The van der Waals surface area contributed by atoms with Crippen molar-refractivity contribution in [3.05, 3.63) is 51.5 Å². The highest BCUT2D eigenvalue weighted by Crippen LogP contribution is 2.36. The number of carboxylic acid groups (broad SMARTS) is 1. The van der Waals surface area contributed by atoms with Gasteiger partial charge in [0.05, 0.1) is 29.3 Å². The molecule has 0 radical (unpaired) electrons. The summed E-state index contributed by atoms with van der Waals surface area (Å²) in [4.78, 5) is 11.0. The molecule has 2 aromatic carbocycles.